The van der Waals surface area contributed by atoms with E-state index in [0.29, 0.717) is 11.1 Å². The van der Waals surface area contributed by atoms with Crippen LogP contribution in [0.25, 0.3) is 11.4 Å². The molecule has 0 unspecified atom stereocenters. The minimum Gasteiger partial charge on any atom is -0.320 e. The molecule has 1 amide bonds. The van der Waals surface area contributed by atoms with E-state index in [1.54, 1.807) is 23.5 Å². The summed E-state index contributed by atoms with van der Waals surface area (Å²) in [5.74, 6) is 0.914. The maximum Gasteiger partial charge on any atom is 0.292 e. The van der Waals surface area contributed by atoms with Gasteiger partial charge in [-0.3, -0.25) is 14.9 Å². The Kier molecular flexibility index (Phi) is 6.10. The van der Waals surface area contributed by atoms with Crippen LogP contribution in [-0.2, 0) is 11.8 Å². The number of rotatable bonds is 7. The second kappa shape index (κ2) is 8.53. The topological polar surface area (TPSA) is 103 Å². The van der Waals surface area contributed by atoms with Crippen LogP contribution in [0.2, 0.25) is 0 Å². The summed E-state index contributed by atoms with van der Waals surface area (Å²) in [5, 5.41) is 24.7. The summed E-state index contributed by atoms with van der Waals surface area (Å²) in [4.78, 5) is 24.0. The first-order chi connectivity index (χ1) is 13.4. The van der Waals surface area contributed by atoms with Gasteiger partial charge in [0.1, 0.15) is 5.69 Å². The largest absolute Gasteiger partial charge is 0.320 e. The first-order valence-corrected chi connectivity index (χ1v) is 10.4. The van der Waals surface area contributed by atoms with Crippen molar-refractivity contribution < 1.29 is 9.72 Å². The Morgan fingerprint density at radius 1 is 1.36 bits per heavy atom. The van der Waals surface area contributed by atoms with Crippen LogP contribution in [0.4, 0.5) is 11.4 Å². The number of nitrogens with one attached hydrogen (secondary N) is 1. The van der Waals surface area contributed by atoms with Crippen molar-refractivity contribution in [2.75, 3.05) is 11.1 Å². The van der Waals surface area contributed by atoms with Gasteiger partial charge in [-0.25, -0.2) is 0 Å². The van der Waals surface area contributed by atoms with Crippen LogP contribution >= 0.6 is 23.1 Å². The lowest BCUT2D eigenvalue weighted by Gasteiger charge is -2.06. The number of nitro groups is 1. The van der Waals surface area contributed by atoms with Gasteiger partial charge in [-0.15, -0.1) is 21.5 Å². The van der Waals surface area contributed by atoms with Crippen molar-refractivity contribution >= 4 is 40.4 Å². The monoisotopic (exact) mass is 417 g/mol. The van der Waals surface area contributed by atoms with Gasteiger partial charge in [0.15, 0.2) is 11.0 Å². The van der Waals surface area contributed by atoms with Gasteiger partial charge in [-0.2, -0.15) is 0 Å². The Hall–Kier alpha value is -2.72. The Morgan fingerprint density at radius 2 is 2.11 bits per heavy atom. The molecular formula is C18H19N5O3S2. The summed E-state index contributed by atoms with van der Waals surface area (Å²) in [7, 11) is 1.85. The van der Waals surface area contributed by atoms with Gasteiger partial charge in [-0.1, -0.05) is 37.7 Å². The van der Waals surface area contributed by atoms with E-state index >= 15 is 0 Å². The molecule has 2 aromatic heterocycles. The summed E-state index contributed by atoms with van der Waals surface area (Å²) in [6, 6.07) is 8.15. The van der Waals surface area contributed by atoms with E-state index in [1.807, 2.05) is 11.6 Å². The van der Waals surface area contributed by atoms with Gasteiger partial charge < -0.3 is 9.88 Å². The molecule has 0 atom stereocenters. The number of hydrogen-bond acceptors (Lipinski definition) is 7. The molecule has 0 bridgehead atoms. The van der Waals surface area contributed by atoms with Gasteiger partial charge in [-0.05, 0) is 18.1 Å². The highest BCUT2D eigenvalue weighted by Crippen LogP contribution is 2.30. The fourth-order valence-electron chi connectivity index (χ4n) is 2.52. The van der Waals surface area contributed by atoms with Crippen LogP contribution in [0, 0.1) is 10.1 Å². The number of anilines is 1. The molecule has 0 fully saturated rings. The number of nitro benzene ring substituents is 1. The molecule has 2 heterocycles. The number of hydrogen-bond donors (Lipinski definition) is 1. The molecule has 0 saturated carbocycles. The molecule has 0 aliphatic carbocycles. The van der Waals surface area contributed by atoms with Crippen molar-refractivity contribution in [3.63, 3.8) is 0 Å². The predicted molar refractivity (Wildman–Crippen MR) is 111 cm³/mol. The van der Waals surface area contributed by atoms with E-state index in [9.17, 15) is 14.9 Å². The Bertz CT molecular complexity index is 1010. The Labute approximate surface area is 170 Å². The molecule has 28 heavy (non-hydrogen) atoms. The third-order valence-electron chi connectivity index (χ3n) is 3.99. The minimum atomic E-state index is -0.524. The normalized spacial score (nSPS) is 11.0. The first-order valence-electron chi connectivity index (χ1n) is 8.51. The van der Waals surface area contributed by atoms with Crippen molar-refractivity contribution in [3.8, 4) is 11.4 Å². The summed E-state index contributed by atoms with van der Waals surface area (Å²) in [5.41, 5.74) is 1.04. The molecule has 3 aromatic rings. The van der Waals surface area contributed by atoms with Gasteiger partial charge in [0, 0.05) is 28.9 Å². The Balaban J connectivity index is 1.66. The maximum absolute atomic E-state index is 12.2. The van der Waals surface area contributed by atoms with Crippen LogP contribution in [-0.4, -0.2) is 31.3 Å². The standard InChI is InChI=1S/C18H19N5O3S2/c1-11(2)15-8-12(9-27-15)17-20-21-18(22(17)3)28-10-16(24)19-13-6-4-5-7-14(13)23(25)26/h4-9,11H,10H2,1-3H3,(H,19,24). The molecule has 1 aromatic carbocycles. The van der Waals surface area contributed by atoms with E-state index in [2.05, 4.69) is 40.8 Å². The summed E-state index contributed by atoms with van der Waals surface area (Å²) in [6.45, 7) is 4.28. The van der Waals surface area contributed by atoms with E-state index in [1.165, 1.54) is 28.8 Å². The van der Waals surface area contributed by atoms with Crippen LogP contribution in [0.5, 0.6) is 0 Å². The molecule has 10 heteroatoms. The number of para-hydroxylation sites is 2. The highest BCUT2D eigenvalue weighted by Gasteiger charge is 2.17. The number of benzene rings is 1. The van der Waals surface area contributed by atoms with E-state index in [-0.39, 0.29) is 23.0 Å². The zero-order chi connectivity index (χ0) is 20.3. The summed E-state index contributed by atoms with van der Waals surface area (Å²) in [6.07, 6.45) is 0. The van der Waals surface area contributed by atoms with E-state index < -0.39 is 4.92 Å². The molecule has 0 aliphatic rings. The number of nitrogens with zero attached hydrogens (tertiary/aromatic N) is 4. The van der Waals surface area contributed by atoms with Crippen molar-refractivity contribution in [3.05, 3.63) is 50.7 Å². The van der Waals surface area contributed by atoms with Gasteiger partial charge in [0.05, 0.1) is 10.7 Å². The van der Waals surface area contributed by atoms with Crippen LogP contribution in [0.3, 0.4) is 0 Å². The summed E-state index contributed by atoms with van der Waals surface area (Å²) < 4.78 is 1.84. The highest BCUT2D eigenvalue weighted by atomic mass is 32.2. The number of carbonyl (C=O) groups excluding carboxylic acids is 1. The maximum atomic E-state index is 12.2. The molecule has 0 spiro atoms. The van der Waals surface area contributed by atoms with E-state index in [0.717, 1.165) is 11.4 Å². The third kappa shape index (κ3) is 4.39. The average molecular weight is 418 g/mol. The molecule has 1 N–H and O–H groups in total. The van der Waals surface area contributed by atoms with Crippen molar-refractivity contribution in [1.29, 1.82) is 0 Å². The predicted octanol–water partition coefficient (Wildman–Crippen LogP) is 4.31. The third-order valence-corrected chi connectivity index (χ3v) is 6.24. The van der Waals surface area contributed by atoms with Crippen LogP contribution in [0.1, 0.15) is 24.6 Å². The van der Waals surface area contributed by atoms with Crippen molar-refractivity contribution in [2.24, 2.45) is 7.05 Å². The second-order valence-electron chi connectivity index (χ2n) is 6.37. The van der Waals surface area contributed by atoms with E-state index in [4.69, 9.17) is 0 Å². The van der Waals surface area contributed by atoms with Crippen LogP contribution in [0.15, 0.2) is 40.9 Å². The zero-order valence-corrected chi connectivity index (χ0v) is 17.2. The number of thioether (sulfide) groups is 1. The lowest BCUT2D eigenvalue weighted by atomic mass is 10.1. The fourth-order valence-corrected chi connectivity index (χ4v) is 4.13. The second-order valence-corrected chi connectivity index (χ2v) is 8.25. The number of carbonyl (C=O) groups is 1. The van der Waals surface area contributed by atoms with Crippen LogP contribution < -0.4 is 5.32 Å². The fraction of sp³-hybridized carbons (Fsp3) is 0.278. The number of amides is 1. The quantitative estimate of drug-likeness (QED) is 0.349. The van der Waals surface area contributed by atoms with Crippen molar-refractivity contribution in [2.45, 2.75) is 24.9 Å². The molecular weight excluding hydrogens is 398 g/mol. The lowest BCUT2D eigenvalue weighted by molar-refractivity contribution is -0.383. The van der Waals surface area contributed by atoms with Crippen molar-refractivity contribution in [1.82, 2.24) is 14.8 Å². The highest BCUT2D eigenvalue weighted by molar-refractivity contribution is 7.99. The molecule has 0 saturated heterocycles. The minimum absolute atomic E-state index is 0.0684. The average Bonchev–Trinajstić information content (AvgIpc) is 3.27. The smallest absolute Gasteiger partial charge is 0.292 e. The SMILES string of the molecule is CC(C)c1cc(-c2nnc(SCC(=O)Nc3ccccc3[N+](=O)[O-])n2C)cs1. The molecule has 146 valence electrons. The Morgan fingerprint density at radius 3 is 2.79 bits per heavy atom. The molecule has 8 nitrogen and oxygen atoms in total. The van der Waals surface area contributed by atoms with Gasteiger partial charge >= 0.3 is 0 Å². The molecule has 0 radical (unpaired) electrons. The molecule has 3 rings (SSSR count). The summed E-state index contributed by atoms with van der Waals surface area (Å²) >= 11 is 2.91. The zero-order valence-electron chi connectivity index (χ0n) is 15.6. The number of aromatic nitrogens is 3. The number of thiophene rings is 1. The van der Waals surface area contributed by atoms with Gasteiger partial charge in [0.2, 0.25) is 5.91 Å². The first kappa shape index (κ1) is 20.0. The van der Waals surface area contributed by atoms with Gasteiger partial charge in [0.25, 0.3) is 5.69 Å². The molecule has 0 aliphatic heterocycles. The lowest BCUT2D eigenvalue weighted by Crippen LogP contribution is -2.15.